The lowest BCUT2D eigenvalue weighted by Crippen LogP contribution is -1.92. The lowest BCUT2D eigenvalue weighted by Gasteiger charge is -1.87. The van der Waals surface area contributed by atoms with E-state index in [0.29, 0.717) is 12.8 Å². The predicted octanol–water partition coefficient (Wildman–Crippen LogP) is 1.69. The van der Waals surface area contributed by atoms with Crippen molar-refractivity contribution in [2.45, 2.75) is 12.8 Å². The second-order valence-electron chi connectivity index (χ2n) is 2.61. The summed E-state index contributed by atoms with van der Waals surface area (Å²) in [7, 11) is 1.32. The highest BCUT2D eigenvalue weighted by Gasteiger charge is 1.87. The lowest BCUT2D eigenvalue weighted by molar-refractivity contribution is -0.135. The normalized spacial score (nSPS) is 11.5. The van der Waals surface area contributed by atoms with Crippen LogP contribution in [0, 0.1) is 0 Å². The summed E-state index contributed by atoms with van der Waals surface area (Å²) in [4.78, 5) is 20.7. The number of methoxy groups -OCH3 is 1. The van der Waals surface area contributed by atoms with E-state index in [4.69, 9.17) is 5.11 Å². The van der Waals surface area contributed by atoms with Crippen molar-refractivity contribution in [3.8, 4) is 0 Å². The molecule has 82 valence electrons. The number of carbonyl (C=O) groups excluding carboxylic acids is 1. The van der Waals surface area contributed by atoms with E-state index in [2.05, 4.69) is 4.74 Å². The molecule has 0 saturated heterocycles. The second-order valence-corrected chi connectivity index (χ2v) is 2.61. The molecule has 4 heteroatoms. The van der Waals surface area contributed by atoms with E-state index in [1.807, 2.05) is 12.2 Å². The molecule has 0 atom stereocenters. The van der Waals surface area contributed by atoms with Crippen LogP contribution in [0.1, 0.15) is 12.8 Å². The fourth-order valence-corrected chi connectivity index (χ4v) is 0.751. The van der Waals surface area contributed by atoms with Gasteiger partial charge in [-0.1, -0.05) is 24.3 Å². The maximum Gasteiger partial charge on any atom is 0.330 e. The van der Waals surface area contributed by atoms with Gasteiger partial charge in [-0.2, -0.15) is 0 Å². The smallest absolute Gasteiger partial charge is 0.330 e. The van der Waals surface area contributed by atoms with E-state index in [1.165, 1.54) is 13.2 Å². The summed E-state index contributed by atoms with van der Waals surface area (Å²) in [6, 6.07) is 0. The van der Waals surface area contributed by atoms with Crippen LogP contribution in [0.5, 0.6) is 0 Å². The number of carboxylic acids is 1. The minimum atomic E-state index is -0.950. The Morgan fingerprint density at radius 1 is 1.07 bits per heavy atom. The van der Waals surface area contributed by atoms with Crippen LogP contribution in [0.2, 0.25) is 0 Å². The average molecular weight is 210 g/mol. The van der Waals surface area contributed by atoms with Gasteiger partial charge in [0.15, 0.2) is 0 Å². The molecule has 0 aliphatic heterocycles. The van der Waals surface area contributed by atoms with Crippen LogP contribution in [0.25, 0.3) is 0 Å². The van der Waals surface area contributed by atoms with E-state index in [-0.39, 0.29) is 5.97 Å². The average Bonchev–Trinajstić information content (AvgIpc) is 2.21. The quantitative estimate of drug-likeness (QED) is 0.411. The van der Waals surface area contributed by atoms with Gasteiger partial charge in [-0.25, -0.2) is 9.59 Å². The van der Waals surface area contributed by atoms with Crippen molar-refractivity contribution in [3.05, 3.63) is 36.5 Å². The van der Waals surface area contributed by atoms with Gasteiger partial charge in [-0.3, -0.25) is 0 Å². The molecule has 0 aromatic rings. The predicted molar refractivity (Wildman–Crippen MR) is 56.3 cm³/mol. The summed E-state index contributed by atoms with van der Waals surface area (Å²) in [5, 5.41) is 8.27. The van der Waals surface area contributed by atoms with Crippen molar-refractivity contribution in [3.63, 3.8) is 0 Å². The van der Waals surface area contributed by atoms with Gasteiger partial charge in [0.1, 0.15) is 0 Å². The van der Waals surface area contributed by atoms with Crippen LogP contribution in [0.15, 0.2) is 36.5 Å². The van der Waals surface area contributed by atoms with Gasteiger partial charge >= 0.3 is 11.9 Å². The van der Waals surface area contributed by atoms with Crippen molar-refractivity contribution in [1.29, 1.82) is 0 Å². The van der Waals surface area contributed by atoms with Crippen LogP contribution < -0.4 is 0 Å². The SMILES string of the molecule is COC(=O)C=CCC=CCC=CC(=O)O. The van der Waals surface area contributed by atoms with Crippen LogP contribution in [-0.4, -0.2) is 24.2 Å². The molecule has 0 rings (SSSR count). The molecule has 0 bridgehead atoms. The highest BCUT2D eigenvalue weighted by atomic mass is 16.5. The number of ether oxygens (including phenoxy) is 1. The van der Waals surface area contributed by atoms with Crippen LogP contribution in [-0.2, 0) is 14.3 Å². The summed E-state index contributed by atoms with van der Waals surface area (Å²) in [6.45, 7) is 0. The topological polar surface area (TPSA) is 63.6 Å². The first kappa shape index (κ1) is 13.2. The zero-order valence-electron chi connectivity index (χ0n) is 8.55. The monoisotopic (exact) mass is 210 g/mol. The number of carboxylic acid groups (broad SMARTS) is 1. The summed E-state index contributed by atoms with van der Waals surface area (Å²) in [5.74, 6) is -1.33. The number of rotatable bonds is 6. The molecule has 0 aromatic carbocycles. The Labute approximate surface area is 88.6 Å². The van der Waals surface area contributed by atoms with Crippen molar-refractivity contribution in [2.24, 2.45) is 0 Å². The Morgan fingerprint density at radius 3 is 2.07 bits per heavy atom. The summed E-state index contributed by atoms with van der Waals surface area (Å²) >= 11 is 0. The highest BCUT2D eigenvalue weighted by Crippen LogP contribution is 1.91. The minimum Gasteiger partial charge on any atom is -0.478 e. The van der Waals surface area contributed by atoms with E-state index in [0.717, 1.165) is 6.08 Å². The Kier molecular flexibility index (Phi) is 7.67. The second kappa shape index (κ2) is 8.74. The van der Waals surface area contributed by atoms with Gasteiger partial charge in [0.05, 0.1) is 7.11 Å². The number of hydrogen-bond donors (Lipinski definition) is 1. The molecular weight excluding hydrogens is 196 g/mol. The molecule has 0 fully saturated rings. The maximum atomic E-state index is 10.6. The molecule has 0 unspecified atom stereocenters. The zero-order valence-corrected chi connectivity index (χ0v) is 8.55. The molecular formula is C11H14O4. The van der Waals surface area contributed by atoms with Gasteiger partial charge < -0.3 is 9.84 Å². The number of aliphatic carboxylic acids is 1. The minimum absolute atomic E-state index is 0.380. The molecule has 4 nitrogen and oxygen atoms in total. The molecule has 0 radical (unpaired) electrons. The van der Waals surface area contributed by atoms with Crippen molar-refractivity contribution in [2.75, 3.05) is 7.11 Å². The third kappa shape index (κ3) is 10.1. The number of carbonyl (C=O) groups is 2. The molecule has 1 N–H and O–H groups in total. The molecule has 0 saturated carbocycles. The van der Waals surface area contributed by atoms with Crippen molar-refractivity contribution >= 4 is 11.9 Å². The first-order chi connectivity index (χ1) is 7.16. The lowest BCUT2D eigenvalue weighted by atomic mass is 10.3. The largest absolute Gasteiger partial charge is 0.478 e. The third-order valence-corrected chi connectivity index (χ3v) is 1.43. The van der Waals surface area contributed by atoms with Crippen molar-refractivity contribution in [1.82, 2.24) is 0 Å². The van der Waals surface area contributed by atoms with E-state index in [1.54, 1.807) is 12.2 Å². The van der Waals surface area contributed by atoms with E-state index < -0.39 is 5.97 Å². The Morgan fingerprint density at radius 2 is 1.60 bits per heavy atom. The molecule has 0 heterocycles. The highest BCUT2D eigenvalue weighted by molar-refractivity contribution is 5.81. The van der Waals surface area contributed by atoms with Gasteiger partial charge in [0.25, 0.3) is 0 Å². The third-order valence-electron chi connectivity index (χ3n) is 1.43. The summed E-state index contributed by atoms with van der Waals surface area (Å²) in [6.07, 6.45) is 10.5. The summed E-state index contributed by atoms with van der Waals surface area (Å²) < 4.78 is 4.40. The molecule has 0 aliphatic rings. The van der Waals surface area contributed by atoms with Crippen LogP contribution >= 0.6 is 0 Å². The van der Waals surface area contributed by atoms with Gasteiger partial charge in [0.2, 0.25) is 0 Å². The van der Waals surface area contributed by atoms with Gasteiger partial charge in [0, 0.05) is 12.2 Å². The fourth-order valence-electron chi connectivity index (χ4n) is 0.751. The standard InChI is InChI=1S/C11H14O4/c1-15-11(14)9-7-5-3-2-4-6-8-10(12)13/h2-3,6-9H,4-5H2,1H3,(H,12,13). The molecule has 0 amide bonds. The van der Waals surface area contributed by atoms with Gasteiger partial charge in [-0.15, -0.1) is 0 Å². The first-order valence-electron chi connectivity index (χ1n) is 4.45. The van der Waals surface area contributed by atoms with Crippen LogP contribution in [0.3, 0.4) is 0 Å². The van der Waals surface area contributed by atoms with Gasteiger partial charge in [-0.05, 0) is 12.8 Å². The van der Waals surface area contributed by atoms with Crippen molar-refractivity contribution < 1.29 is 19.4 Å². The molecule has 0 aliphatic carbocycles. The van der Waals surface area contributed by atoms with Crippen LogP contribution in [0.4, 0.5) is 0 Å². The fraction of sp³-hybridized carbons (Fsp3) is 0.273. The summed E-state index contributed by atoms with van der Waals surface area (Å²) in [5.41, 5.74) is 0. The molecule has 0 spiro atoms. The Balaban J connectivity index is 3.59. The zero-order chi connectivity index (χ0) is 11.5. The maximum absolute atomic E-state index is 10.6. The molecule has 0 aromatic heterocycles. The first-order valence-corrected chi connectivity index (χ1v) is 4.45. The number of esters is 1. The number of allylic oxidation sites excluding steroid dienone is 4. The Bertz CT molecular complexity index is 287. The number of hydrogen-bond acceptors (Lipinski definition) is 3. The van der Waals surface area contributed by atoms with E-state index >= 15 is 0 Å². The molecule has 15 heavy (non-hydrogen) atoms. The van der Waals surface area contributed by atoms with E-state index in [9.17, 15) is 9.59 Å². The Hall–Kier alpha value is -1.84.